The van der Waals surface area contributed by atoms with Crippen LogP contribution in [0.2, 0.25) is 0 Å². The van der Waals surface area contributed by atoms with Crippen molar-refractivity contribution in [2.24, 2.45) is 5.41 Å². The Labute approximate surface area is 138 Å². The number of rotatable bonds is 3. The second-order valence-corrected chi connectivity index (χ2v) is 7.43. The molecule has 1 aromatic heterocycles. The summed E-state index contributed by atoms with van der Waals surface area (Å²) in [5.74, 6) is -0.415. The Balaban J connectivity index is 2.06. The molecule has 0 atom stereocenters. The van der Waals surface area contributed by atoms with E-state index in [1.54, 1.807) is 0 Å². The molecule has 128 valence electrons. The molecule has 2 amide bonds. The van der Waals surface area contributed by atoms with E-state index in [0.29, 0.717) is 12.2 Å². The summed E-state index contributed by atoms with van der Waals surface area (Å²) in [7, 11) is 0. The van der Waals surface area contributed by atoms with Crippen LogP contribution in [0.1, 0.15) is 73.9 Å². The molecule has 0 spiro atoms. The molecule has 1 aliphatic rings. The van der Waals surface area contributed by atoms with Gasteiger partial charge in [0.05, 0.1) is 6.33 Å². The van der Waals surface area contributed by atoms with Crippen LogP contribution in [0.4, 0.5) is 0 Å². The van der Waals surface area contributed by atoms with Gasteiger partial charge in [0.15, 0.2) is 5.69 Å². The first-order valence-corrected chi connectivity index (χ1v) is 8.49. The number of carbonyl (C=O) groups is 2. The van der Waals surface area contributed by atoms with Gasteiger partial charge in [0.2, 0.25) is 0 Å². The summed E-state index contributed by atoms with van der Waals surface area (Å²) < 4.78 is 0. The van der Waals surface area contributed by atoms with E-state index >= 15 is 0 Å². The average molecular weight is 320 g/mol. The fourth-order valence-electron chi connectivity index (χ4n) is 2.67. The highest BCUT2D eigenvalue weighted by Gasteiger charge is 2.25. The Morgan fingerprint density at radius 3 is 2.39 bits per heavy atom. The molecule has 2 heterocycles. The van der Waals surface area contributed by atoms with Gasteiger partial charge in [-0.2, -0.15) is 0 Å². The van der Waals surface area contributed by atoms with Gasteiger partial charge in [-0.25, -0.2) is 4.98 Å². The molecule has 0 unspecified atom stereocenters. The Kier molecular flexibility index (Phi) is 5.80. The summed E-state index contributed by atoms with van der Waals surface area (Å²) in [6, 6.07) is 0. The van der Waals surface area contributed by atoms with Crippen molar-refractivity contribution in [1.82, 2.24) is 20.2 Å². The molecule has 2 rings (SSSR count). The van der Waals surface area contributed by atoms with E-state index in [1.165, 1.54) is 12.7 Å². The Bertz CT molecular complexity index is 537. The standard InChI is InChI=1S/C17H28N4O2/c1-17(2,3)11-18-15(22)13-14(20-12-19-13)16(23)21-9-7-5-4-6-8-10-21/h12H,4-11H2,1-3H3,(H,18,22)(H,19,20). The van der Waals surface area contributed by atoms with Crippen LogP contribution in [-0.2, 0) is 0 Å². The van der Waals surface area contributed by atoms with Gasteiger partial charge in [0, 0.05) is 19.6 Å². The first kappa shape index (κ1) is 17.5. The van der Waals surface area contributed by atoms with E-state index in [4.69, 9.17) is 0 Å². The molecule has 0 bridgehead atoms. The SMILES string of the molecule is CC(C)(C)CNC(=O)c1nc[nH]c1C(=O)N1CCCCCCC1. The third-order valence-electron chi connectivity index (χ3n) is 3.99. The minimum absolute atomic E-state index is 0.0147. The van der Waals surface area contributed by atoms with Gasteiger partial charge in [-0.3, -0.25) is 9.59 Å². The molecular weight excluding hydrogens is 292 g/mol. The van der Waals surface area contributed by atoms with Crippen LogP contribution in [0.25, 0.3) is 0 Å². The lowest BCUT2D eigenvalue weighted by Gasteiger charge is -2.24. The number of carbonyl (C=O) groups excluding carboxylic acids is 2. The summed E-state index contributed by atoms with van der Waals surface area (Å²) >= 11 is 0. The van der Waals surface area contributed by atoms with Gasteiger partial charge in [-0.05, 0) is 18.3 Å². The largest absolute Gasteiger partial charge is 0.350 e. The lowest BCUT2D eigenvalue weighted by Crippen LogP contribution is -2.37. The average Bonchev–Trinajstić information content (AvgIpc) is 2.92. The van der Waals surface area contributed by atoms with Crippen LogP contribution in [0.3, 0.4) is 0 Å². The quantitative estimate of drug-likeness (QED) is 0.898. The first-order chi connectivity index (χ1) is 10.9. The second kappa shape index (κ2) is 7.62. The maximum absolute atomic E-state index is 12.7. The Hall–Kier alpha value is -1.85. The van der Waals surface area contributed by atoms with E-state index in [-0.39, 0.29) is 22.9 Å². The van der Waals surface area contributed by atoms with Crippen LogP contribution in [-0.4, -0.2) is 46.3 Å². The molecule has 1 aromatic rings. The maximum atomic E-state index is 12.7. The van der Waals surface area contributed by atoms with Crippen molar-refractivity contribution in [1.29, 1.82) is 0 Å². The minimum atomic E-state index is -0.295. The summed E-state index contributed by atoms with van der Waals surface area (Å²) in [5.41, 5.74) is 0.484. The number of aromatic nitrogens is 2. The van der Waals surface area contributed by atoms with Gasteiger partial charge in [-0.1, -0.05) is 40.0 Å². The zero-order chi connectivity index (χ0) is 16.9. The van der Waals surface area contributed by atoms with E-state index in [1.807, 2.05) is 25.7 Å². The molecule has 0 radical (unpaired) electrons. The van der Waals surface area contributed by atoms with Gasteiger partial charge >= 0.3 is 0 Å². The number of aromatic amines is 1. The zero-order valence-corrected chi connectivity index (χ0v) is 14.4. The van der Waals surface area contributed by atoms with Crippen molar-refractivity contribution in [3.63, 3.8) is 0 Å². The van der Waals surface area contributed by atoms with Gasteiger partial charge in [-0.15, -0.1) is 0 Å². The third-order valence-corrected chi connectivity index (χ3v) is 3.99. The summed E-state index contributed by atoms with van der Waals surface area (Å²) in [6.07, 6.45) is 7.02. The number of likely N-dealkylation sites (tertiary alicyclic amines) is 1. The zero-order valence-electron chi connectivity index (χ0n) is 14.4. The molecule has 1 fully saturated rings. The van der Waals surface area contributed by atoms with Crippen molar-refractivity contribution in [2.75, 3.05) is 19.6 Å². The molecule has 23 heavy (non-hydrogen) atoms. The van der Waals surface area contributed by atoms with Crippen molar-refractivity contribution in [3.8, 4) is 0 Å². The van der Waals surface area contributed by atoms with E-state index in [0.717, 1.165) is 38.8 Å². The van der Waals surface area contributed by atoms with Crippen LogP contribution >= 0.6 is 0 Å². The molecule has 6 heteroatoms. The predicted octanol–water partition coefficient (Wildman–Crippen LogP) is 2.59. The third kappa shape index (κ3) is 5.08. The molecule has 1 saturated heterocycles. The van der Waals surface area contributed by atoms with Gasteiger partial charge < -0.3 is 15.2 Å². The van der Waals surface area contributed by atoms with Crippen molar-refractivity contribution in [3.05, 3.63) is 17.7 Å². The predicted molar refractivity (Wildman–Crippen MR) is 89.4 cm³/mol. The highest BCUT2D eigenvalue weighted by molar-refractivity contribution is 6.04. The van der Waals surface area contributed by atoms with E-state index in [2.05, 4.69) is 15.3 Å². The van der Waals surface area contributed by atoms with Crippen LogP contribution in [0, 0.1) is 5.41 Å². The summed E-state index contributed by atoms with van der Waals surface area (Å²) in [5, 5.41) is 2.85. The van der Waals surface area contributed by atoms with Crippen molar-refractivity contribution < 1.29 is 9.59 Å². The highest BCUT2D eigenvalue weighted by atomic mass is 16.2. The molecule has 6 nitrogen and oxygen atoms in total. The molecule has 2 N–H and O–H groups in total. The number of imidazole rings is 1. The molecule has 0 aliphatic carbocycles. The second-order valence-electron chi connectivity index (χ2n) is 7.43. The topological polar surface area (TPSA) is 78.1 Å². The van der Waals surface area contributed by atoms with E-state index in [9.17, 15) is 9.59 Å². The van der Waals surface area contributed by atoms with Crippen LogP contribution in [0.15, 0.2) is 6.33 Å². The first-order valence-electron chi connectivity index (χ1n) is 8.49. The van der Waals surface area contributed by atoms with Gasteiger partial charge in [0.25, 0.3) is 11.8 Å². The monoisotopic (exact) mass is 320 g/mol. The lowest BCUT2D eigenvalue weighted by atomic mass is 9.97. The minimum Gasteiger partial charge on any atom is -0.350 e. The van der Waals surface area contributed by atoms with E-state index < -0.39 is 0 Å². The number of hydrogen-bond acceptors (Lipinski definition) is 3. The molecule has 0 saturated carbocycles. The summed E-state index contributed by atoms with van der Waals surface area (Å²) in [4.78, 5) is 33.8. The summed E-state index contributed by atoms with van der Waals surface area (Å²) in [6.45, 7) is 8.18. The number of amides is 2. The Morgan fingerprint density at radius 2 is 1.78 bits per heavy atom. The fourth-order valence-corrected chi connectivity index (χ4v) is 2.67. The van der Waals surface area contributed by atoms with Crippen LogP contribution in [0.5, 0.6) is 0 Å². The Morgan fingerprint density at radius 1 is 1.17 bits per heavy atom. The molecular formula is C17H28N4O2. The normalized spacial score (nSPS) is 16.6. The van der Waals surface area contributed by atoms with Crippen LogP contribution < -0.4 is 5.32 Å². The van der Waals surface area contributed by atoms with Gasteiger partial charge in [0.1, 0.15) is 5.69 Å². The lowest BCUT2D eigenvalue weighted by molar-refractivity contribution is 0.0730. The smallest absolute Gasteiger partial charge is 0.272 e. The van der Waals surface area contributed by atoms with Crippen molar-refractivity contribution >= 4 is 11.8 Å². The number of hydrogen-bond donors (Lipinski definition) is 2. The maximum Gasteiger partial charge on any atom is 0.272 e. The number of H-pyrrole nitrogens is 1. The number of nitrogens with zero attached hydrogens (tertiary/aromatic N) is 2. The molecule has 1 aliphatic heterocycles. The van der Waals surface area contributed by atoms with Crippen molar-refractivity contribution in [2.45, 2.75) is 52.9 Å². The fraction of sp³-hybridized carbons (Fsp3) is 0.706. The highest BCUT2D eigenvalue weighted by Crippen LogP contribution is 2.15. The number of nitrogens with one attached hydrogen (secondary N) is 2. The molecule has 0 aromatic carbocycles.